The third kappa shape index (κ3) is 3.85. The molecule has 0 radical (unpaired) electrons. The number of anilines is 1. The van der Waals surface area contributed by atoms with E-state index in [1.165, 1.54) is 18.2 Å². The van der Waals surface area contributed by atoms with Gasteiger partial charge in [-0.2, -0.15) is 0 Å². The lowest BCUT2D eigenvalue weighted by molar-refractivity contribution is -0.119. The Labute approximate surface area is 182 Å². The van der Waals surface area contributed by atoms with E-state index in [0.29, 0.717) is 16.3 Å². The van der Waals surface area contributed by atoms with E-state index in [1.807, 2.05) is 6.92 Å². The molecular formula is C24H16ClNO5. The molecule has 6 nitrogen and oxygen atoms in total. The van der Waals surface area contributed by atoms with Crippen LogP contribution in [0.15, 0.2) is 60.7 Å². The normalized spacial score (nSPS) is 12.1. The fourth-order valence-electron chi connectivity index (χ4n) is 3.39. The van der Waals surface area contributed by atoms with Crippen LogP contribution >= 0.6 is 11.6 Å². The number of hydrogen-bond acceptors (Lipinski definition) is 5. The van der Waals surface area contributed by atoms with Crippen molar-refractivity contribution < 1.29 is 23.9 Å². The monoisotopic (exact) mass is 433 g/mol. The molecule has 1 aliphatic carbocycles. The lowest BCUT2D eigenvalue weighted by Gasteiger charge is -2.19. The Balaban J connectivity index is 1.52. The van der Waals surface area contributed by atoms with Crippen molar-refractivity contribution in [1.29, 1.82) is 0 Å². The number of nitrogens with one attached hydrogen (secondary N) is 1. The van der Waals surface area contributed by atoms with Gasteiger partial charge >= 0.3 is 5.97 Å². The first-order valence-electron chi connectivity index (χ1n) is 9.41. The van der Waals surface area contributed by atoms with Crippen LogP contribution in [-0.4, -0.2) is 30.0 Å². The van der Waals surface area contributed by atoms with Gasteiger partial charge in [-0.1, -0.05) is 54.1 Å². The van der Waals surface area contributed by atoms with Crippen LogP contribution in [0.1, 0.15) is 47.8 Å². The summed E-state index contributed by atoms with van der Waals surface area (Å²) in [5, 5.41) is 3.08. The number of benzene rings is 3. The Kier molecular flexibility index (Phi) is 5.40. The molecule has 31 heavy (non-hydrogen) atoms. The van der Waals surface area contributed by atoms with Gasteiger partial charge in [0.25, 0.3) is 5.91 Å². The van der Waals surface area contributed by atoms with Gasteiger partial charge < -0.3 is 10.1 Å². The van der Waals surface area contributed by atoms with E-state index in [1.54, 1.807) is 42.5 Å². The quantitative estimate of drug-likeness (QED) is 0.487. The minimum absolute atomic E-state index is 0.0121. The first-order chi connectivity index (χ1) is 14.9. The second-order valence-corrected chi connectivity index (χ2v) is 7.43. The molecule has 4 rings (SSSR count). The molecule has 0 fully saturated rings. The van der Waals surface area contributed by atoms with E-state index in [4.69, 9.17) is 16.3 Å². The fourth-order valence-corrected chi connectivity index (χ4v) is 3.57. The van der Waals surface area contributed by atoms with Crippen LogP contribution in [0.3, 0.4) is 0 Å². The Morgan fingerprint density at radius 1 is 0.903 bits per heavy atom. The van der Waals surface area contributed by atoms with Crippen molar-refractivity contribution in [3.8, 4) is 0 Å². The second kappa shape index (κ2) is 8.16. The number of fused-ring (bicyclic) bond motifs is 2. The lowest BCUT2D eigenvalue weighted by Crippen LogP contribution is -2.26. The molecule has 0 unspecified atom stereocenters. The van der Waals surface area contributed by atoms with Crippen molar-refractivity contribution in [2.24, 2.45) is 0 Å². The van der Waals surface area contributed by atoms with E-state index in [-0.39, 0.29) is 28.0 Å². The number of rotatable bonds is 4. The van der Waals surface area contributed by atoms with E-state index in [0.717, 1.165) is 5.56 Å². The summed E-state index contributed by atoms with van der Waals surface area (Å²) in [7, 11) is 0. The maximum atomic E-state index is 13.0. The number of ketones is 2. The summed E-state index contributed by atoms with van der Waals surface area (Å²) >= 11 is 6.04. The smallest absolute Gasteiger partial charge is 0.339 e. The molecule has 0 aliphatic heterocycles. The van der Waals surface area contributed by atoms with Gasteiger partial charge in [0.2, 0.25) is 0 Å². The van der Waals surface area contributed by atoms with Crippen LogP contribution in [0.4, 0.5) is 5.69 Å². The first-order valence-corrected chi connectivity index (χ1v) is 9.79. The van der Waals surface area contributed by atoms with Gasteiger partial charge in [-0.05, 0) is 30.7 Å². The van der Waals surface area contributed by atoms with E-state index >= 15 is 0 Å². The molecule has 3 aromatic carbocycles. The number of halogens is 1. The van der Waals surface area contributed by atoms with Crippen LogP contribution in [0, 0.1) is 6.92 Å². The number of ether oxygens (including phenoxy) is 1. The molecule has 154 valence electrons. The summed E-state index contributed by atoms with van der Waals surface area (Å²) in [5.74, 6) is -2.20. The summed E-state index contributed by atoms with van der Waals surface area (Å²) in [5.41, 5.74) is 1.91. The molecule has 3 aromatic rings. The highest BCUT2D eigenvalue weighted by atomic mass is 35.5. The molecule has 0 saturated heterocycles. The number of amides is 1. The largest absolute Gasteiger partial charge is 0.452 e. The molecule has 0 atom stereocenters. The van der Waals surface area contributed by atoms with Gasteiger partial charge in [0.05, 0.1) is 5.56 Å². The molecule has 1 aliphatic rings. The third-order valence-electron chi connectivity index (χ3n) is 4.96. The minimum atomic E-state index is -0.866. The van der Waals surface area contributed by atoms with Crippen molar-refractivity contribution in [3.05, 3.63) is 99.1 Å². The lowest BCUT2D eigenvalue weighted by atomic mass is 9.82. The van der Waals surface area contributed by atoms with Crippen LogP contribution in [0.5, 0.6) is 0 Å². The Hall–Kier alpha value is -3.77. The summed E-state index contributed by atoms with van der Waals surface area (Å²) in [4.78, 5) is 50.5. The van der Waals surface area contributed by atoms with Crippen molar-refractivity contribution in [2.75, 3.05) is 11.9 Å². The molecule has 0 bridgehead atoms. The minimum Gasteiger partial charge on any atom is -0.452 e. The average Bonchev–Trinajstić information content (AvgIpc) is 2.78. The Bertz CT molecular complexity index is 1260. The van der Waals surface area contributed by atoms with Crippen molar-refractivity contribution in [3.63, 3.8) is 0 Å². The first kappa shape index (κ1) is 20.5. The molecule has 1 N–H and O–H groups in total. The highest BCUT2D eigenvalue weighted by Gasteiger charge is 2.33. The molecule has 7 heteroatoms. The molecule has 0 spiro atoms. The molecule has 0 heterocycles. The van der Waals surface area contributed by atoms with Gasteiger partial charge in [0, 0.05) is 33.0 Å². The van der Waals surface area contributed by atoms with Crippen molar-refractivity contribution in [1.82, 2.24) is 0 Å². The predicted molar refractivity (Wildman–Crippen MR) is 115 cm³/mol. The summed E-state index contributed by atoms with van der Waals surface area (Å²) in [6.07, 6.45) is 0. The zero-order valence-corrected chi connectivity index (χ0v) is 17.2. The van der Waals surface area contributed by atoms with E-state index < -0.39 is 24.3 Å². The number of carbonyl (C=O) groups is 4. The van der Waals surface area contributed by atoms with Gasteiger partial charge in [-0.25, -0.2) is 4.79 Å². The number of carbonyl (C=O) groups excluding carboxylic acids is 4. The highest BCUT2D eigenvalue weighted by Crippen LogP contribution is 2.29. The second-order valence-electron chi connectivity index (χ2n) is 7.02. The van der Waals surface area contributed by atoms with Crippen LogP contribution in [0.25, 0.3) is 0 Å². The molecule has 0 aromatic heterocycles. The van der Waals surface area contributed by atoms with Crippen LogP contribution in [0.2, 0.25) is 5.02 Å². The topological polar surface area (TPSA) is 89.5 Å². The maximum Gasteiger partial charge on any atom is 0.339 e. The van der Waals surface area contributed by atoms with Gasteiger partial charge in [-0.3, -0.25) is 14.4 Å². The third-order valence-corrected chi connectivity index (χ3v) is 5.37. The van der Waals surface area contributed by atoms with Crippen LogP contribution in [-0.2, 0) is 9.53 Å². The SMILES string of the molecule is Cc1ccc(NC(=O)COC(=O)c2cccc3c2C(=O)c2ccccc2C3=O)cc1Cl. The predicted octanol–water partition coefficient (Wildman–Crippen LogP) is 4.22. The standard InChI is InChI=1S/C24H16ClNO5/c1-13-9-10-14(11-19(13)25)26-20(27)12-31-24(30)18-8-4-7-17-21(18)23(29)16-6-3-2-5-15(16)22(17)28/h2-11H,12H2,1H3,(H,26,27). The van der Waals surface area contributed by atoms with Crippen molar-refractivity contribution >= 4 is 40.7 Å². The number of hydrogen-bond donors (Lipinski definition) is 1. The van der Waals surface area contributed by atoms with Crippen molar-refractivity contribution in [2.45, 2.75) is 6.92 Å². The molecular weight excluding hydrogens is 418 g/mol. The van der Waals surface area contributed by atoms with Crippen LogP contribution < -0.4 is 5.32 Å². The number of aryl methyl sites for hydroxylation is 1. The summed E-state index contributed by atoms with van der Waals surface area (Å²) in [6.45, 7) is 1.27. The fraction of sp³-hybridized carbons (Fsp3) is 0.0833. The molecule has 1 amide bonds. The van der Waals surface area contributed by atoms with E-state index in [2.05, 4.69) is 5.32 Å². The number of esters is 1. The highest BCUT2D eigenvalue weighted by molar-refractivity contribution is 6.32. The van der Waals surface area contributed by atoms with Gasteiger partial charge in [0.15, 0.2) is 18.2 Å². The van der Waals surface area contributed by atoms with Gasteiger partial charge in [0.1, 0.15) is 0 Å². The zero-order valence-electron chi connectivity index (χ0n) is 16.4. The summed E-state index contributed by atoms with van der Waals surface area (Å²) in [6, 6.07) is 15.9. The maximum absolute atomic E-state index is 13.0. The molecule has 0 saturated carbocycles. The zero-order chi connectivity index (χ0) is 22.1. The van der Waals surface area contributed by atoms with E-state index in [9.17, 15) is 19.2 Å². The summed E-state index contributed by atoms with van der Waals surface area (Å²) < 4.78 is 5.11. The Morgan fingerprint density at radius 3 is 2.29 bits per heavy atom. The average molecular weight is 434 g/mol. The Morgan fingerprint density at radius 2 is 1.58 bits per heavy atom. The van der Waals surface area contributed by atoms with Gasteiger partial charge in [-0.15, -0.1) is 0 Å².